The number of aliphatic carboxylic acids is 1. The van der Waals surface area contributed by atoms with E-state index in [1.807, 2.05) is 0 Å². The number of carbonyl (C=O) groups is 1. The molecule has 1 N–H and O–H groups in total. The third-order valence-corrected chi connectivity index (χ3v) is 3.46. The number of hydrogen-bond donors (Lipinski definition) is 1. The molecule has 0 aromatic carbocycles. The SMILES string of the molecule is CCN(CC(=O)O)S(=O)(=O)CCOC. The summed E-state index contributed by atoms with van der Waals surface area (Å²) >= 11 is 0. The van der Waals surface area contributed by atoms with Crippen molar-refractivity contribution in [2.24, 2.45) is 0 Å². The van der Waals surface area contributed by atoms with E-state index in [9.17, 15) is 13.2 Å². The van der Waals surface area contributed by atoms with E-state index in [4.69, 9.17) is 5.11 Å². The highest BCUT2D eigenvalue weighted by Gasteiger charge is 2.22. The van der Waals surface area contributed by atoms with Crippen molar-refractivity contribution in [3.05, 3.63) is 0 Å². The Morgan fingerprint density at radius 3 is 2.43 bits per heavy atom. The van der Waals surface area contributed by atoms with Crippen molar-refractivity contribution in [3.63, 3.8) is 0 Å². The predicted octanol–water partition coefficient (Wildman–Crippen LogP) is -0.631. The van der Waals surface area contributed by atoms with Gasteiger partial charge in [-0.3, -0.25) is 4.79 Å². The molecular formula is C7H15NO5S. The predicted molar refractivity (Wildman–Crippen MR) is 50.5 cm³/mol. The van der Waals surface area contributed by atoms with Gasteiger partial charge in [0.15, 0.2) is 0 Å². The van der Waals surface area contributed by atoms with Crippen LogP contribution in [0.25, 0.3) is 0 Å². The van der Waals surface area contributed by atoms with E-state index in [1.54, 1.807) is 6.92 Å². The van der Waals surface area contributed by atoms with Crippen LogP contribution in [0.1, 0.15) is 6.92 Å². The van der Waals surface area contributed by atoms with Gasteiger partial charge in [-0.1, -0.05) is 6.92 Å². The minimum Gasteiger partial charge on any atom is -0.480 e. The molecule has 0 aliphatic rings. The maximum atomic E-state index is 11.4. The van der Waals surface area contributed by atoms with E-state index < -0.39 is 22.5 Å². The smallest absolute Gasteiger partial charge is 0.318 e. The van der Waals surface area contributed by atoms with Gasteiger partial charge in [0.2, 0.25) is 10.0 Å². The van der Waals surface area contributed by atoms with Crippen LogP contribution in [0, 0.1) is 0 Å². The number of hydrogen-bond acceptors (Lipinski definition) is 4. The van der Waals surface area contributed by atoms with Crippen LogP contribution in [-0.4, -0.2) is 56.4 Å². The van der Waals surface area contributed by atoms with Gasteiger partial charge in [0, 0.05) is 13.7 Å². The zero-order valence-electron chi connectivity index (χ0n) is 8.26. The molecule has 0 aromatic rings. The lowest BCUT2D eigenvalue weighted by Crippen LogP contribution is -2.37. The van der Waals surface area contributed by atoms with Gasteiger partial charge in [-0.15, -0.1) is 0 Å². The average Bonchev–Trinajstić information content (AvgIpc) is 2.10. The van der Waals surface area contributed by atoms with Crippen LogP contribution in [0.15, 0.2) is 0 Å². The molecule has 0 aliphatic heterocycles. The first-order valence-electron chi connectivity index (χ1n) is 4.12. The second kappa shape index (κ2) is 5.94. The van der Waals surface area contributed by atoms with Crippen LogP contribution in [0.3, 0.4) is 0 Å². The summed E-state index contributed by atoms with van der Waals surface area (Å²) in [6.07, 6.45) is 0. The second-order valence-corrected chi connectivity index (χ2v) is 4.72. The van der Waals surface area contributed by atoms with E-state index in [2.05, 4.69) is 4.74 Å². The zero-order valence-corrected chi connectivity index (χ0v) is 9.08. The summed E-state index contributed by atoms with van der Waals surface area (Å²) in [7, 11) is -2.11. The summed E-state index contributed by atoms with van der Waals surface area (Å²) in [6.45, 7) is 1.31. The van der Waals surface area contributed by atoms with Crippen molar-refractivity contribution < 1.29 is 23.1 Å². The molecule has 0 bridgehead atoms. The maximum Gasteiger partial charge on any atom is 0.318 e. The molecule has 0 unspecified atom stereocenters. The summed E-state index contributed by atoms with van der Waals surface area (Å²) in [5.74, 6) is -1.35. The van der Waals surface area contributed by atoms with Gasteiger partial charge >= 0.3 is 5.97 Å². The highest BCUT2D eigenvalue weighted by molar-refractivity contribution is 7.89. The molecule has 6 nitrogen and oxygen atoms in total. The largest absolute Gasteiger partial charge is 0.480 e. The Bertz CT molecular complexity index is 274. The van der Waals surface area contributed by atoms with Crippen molar-refractivity contribution in [1.29, 1.82) is 0 Å². The third-order valence-electron chi connectivity index (χ3n) is 1.60. The summed E-state index contributed by atoms with van der Waals surface area (Å²) in [6, 6.07) is 0. The quantitative estimate of drug-likeness (QED) is 0.623. The van der Waals surface area contributed by atoms with E-state index in [1.165, 1.54) is 7.11 Å². The summed E-state index contributed by atoms with van der Waals surface area (Å²) in [5.41, 5.74) is 0. The number of methoxy groups -OCH3 is 1. The lowest BCUT2D eigenvalue weighted by Gasteiger charge is -2.17. The number of nitrogens with zero attached hydrogens (tertiary/aromatic N) is 1. The molecule has 0 aromatic heterocycles. The van der Waals surface area contributed by atoms with Gasteiger partial charge in [0.1, 0.15) is 6.54 Å². The molecule has 0 radical (unpaired) electrons. The van der Waals surface area contributed by atoms with Crippen LogP contribution >= 0.6 is 0 Å². The fraction of sp³-hybridized carbons (Fsp3) is 0.857. The molecule has 0 saturated heterocycles. The lowest BCUT2D eigenvalue weighted by molar-refractivity contribution is -0.137. The maximum absolute atomic E-state index is 11.4. The molecule has 14 heavy (non-hydrogen) atoms. The van der Waals surface area contributed by atoms with Gasteiger partial charge < -0.3 is 9.84 Å². The zero-order chi connectivity index (χ0) is 11.2. The molecule has 0 heterocycles. The van der Waals surface area contributed by atoms with Gasteiger partial charge in [-0.2, -0.15) is 4.31 Å². The van der Waals surface area contributed by atoms with Crippen LogP contribution < -0.4 is 0 Å². The summed E-state index contributed by atoms with van der Waals surface area (Å²) in [4.78, 5) is 10.4. The first kappa shape index (κ1) is 13.3. The van der Waals surface area contributed by atoms with E-state index in [-0.39, 0.29) is 18.9 Å². The molecule has 0 rings (SSSR count). The number of likely N-dealkylation sites (N-methyl/N-ethyl adjacent to an activating group) is 1. The highest BCUT2D eigenvalue weighted by Crippen LogP contribution is 2.00. The molecule has 0 saturated carbocycles. The van der Waals surface area contributed by atoms with E-state index in [0.717, 1.165) is 4.31 Å². The monoisotopic (exact) mass is 225 g/mol. The first-order chi connectivity index (χ1) is 6.44. The number of sulfonamides is 1. The molecule has 0 atom stereocenters. The Kier molecular flexibility index (Phi) is 5.66. The number of carboxylic acids is 1. The van der Waals surface area contributed by atoms with Crippen molar-refractivity contribution in [3.8, 4) is 0 Å². The molecule has 84 valence electrons. The Labute approximate surface area is 83.5 Å². The summed E-state index contributed by atoms with van der Waals surface area (Å²) in [5, 5.41) is 8.47. The van der Waals surface area contributed by atoms with Crippen LogP contribution in [0.5, 0.6) is 0 Å². The average molecular weight is 225 g/mol. The normalized spacial score (nSPS) is 11.9. The number of carboxylic acid groups (broad SMARTS) is 1. The fourth-order valence-corrected chi connectivity index (χ4v) is 2.21. The van der Waals surface area contributed by atoms with Gasteiger partial charge in [0.25, 0.3) is 0 Å². The standard InChI is InChI=1S/C7H15NO5S/c1-3-8(6-7(9)10)14(11,12)5-4-13-2/h3-6H2,1-2H3,(H,9,10). The Hall–Kier alpha value is -0.660. The molecule has 0 amide bonds. The fourth-order valence-electron chi connectivity index (χ4n) is 0.875. The molecule has 0 aliphatic carbocycles. The minimum absolute atomic E-state index is 0.0679. The van der Waals surface area contributed by atoms with Crippen LogP contribution in [0.2, 0.25) is 0 Å². The van der Waals surface area contributed by atoms with Crippen LogP contribution in [0.4, 0.5) is 0 Å². The van der Waals surface area contributed by atoms with Crippen molar-refractivity contribution >= 4 is 16.0 Å². The van der Waals surface area contributed by atoms with Crippen LogP contribution in [-0.2, 0) is 19.6 Å². The highest BCUT2D eigenvalue weighted by atomic mass is 32.2. The Morgan fingerprint density at radius 1 is 1.50 bits per heavy atom. The number of rotatable bonds is 7. The molecule has 7 heteroatoms. The van der Waals surface area contributed by atoms with E-state index in [0.29, 0.717) is 0 Å². The van der Waals surface area contributed by atoms with Crippen molar-refractivity contribution in [2.45, 2.75) is 6.92 Å². The van der Waals surface area contributed by atoms with Gasteiger partial charge in [0.05, 0.1) is 12.4 Å². The van der Waals surface area contributed by atoms with Gasteiger partial charge in [-0.25, -0.2) is 8.42 Å². The van der Waals surface area contributed by atoms with Gasteiger partial charge in [-0.05, 0) is 0 Å². The second-order valence-electron chi connectivity index (χ2n) is 2.63. The number of ether oxygens (including phenoxy) is 1. The molecule has 0 fully saturated rings. The van der Waals surface area contributed by atoms with Crippen molar-refractivity contribution in [1.82, 2.24) is 4.31 Å². The molecule has 0 spiro atoms. The lowest BCUT2D eigenvalue weighted by atomic mass is 10.6. The van der Waals surface area contributed by atoms with E-state index >= 15 is 0 Å². The summed E-state index contributed by atoms with van der Waals surface area (Å²) < 4.78 is 28.4. The Morgan fingerprint density at radius 2 is 2.07 bits per heavy atom. The minimum atomic E-state index is -3.50. The Balaban J connectivity index is 4.41. The topological polar surface area (TPSA) is 83.9 Å². The third kappa shape index (κ3) is 4.54. The molecular weight excluding hydrogens is 210 g/mol. The first-order valence-corrected chi connectivity index (χ1v) is 5.73. The van der Waals surface area contributed by atoms with Crippen molar-refractivity contribution in [2.75, 3.05) is 32.6 Å².